The normalized spacial score (nSPS) is 14.2. The number of para-hydroxylation sites is 1. The summed E-state index contributed by atoms with van der Waals surface area (Å²) in [5.74, 6) is 3.11. The summed E-state index contributed by atoms with van der Waals surface area (Å²) in [5.41, 5.74) is 1.86. The van der Waals surface area contributed by atoms with E-state index in [1.165, 1.54) is 12.8 Å². The Kier molecular flexibility index (Phi) is 3.49. The molecule has 0 saturated heterocycles. The molecule has 2 aromatic rings. The molecule has 1 aromatic carbocycles. The molecule has 1 aliphatic rings. The SMILES string of the molecule is CNc1nc(C2CC2)nc(Nc2ccccc2Cl)c1C. The van der Waals surface area contributed by atoms with Crippen molar-refractivity contribution in [3.8, 4) is 0 Å². The minimum Gasteiger partial charge on any atom is -0.373 e. The summed E-state index contributed by atoms with van der Waals surface area (Å²) in [7, 11) is 1.88. The molecule has 2 N–H and O–H groups in total. The van der Waals surface area contributed by atoms with E-state index in [-0.39, 0.29) is 0 Å². The zero-order valence-electron chi connectivity index (χ0n) is 11.6. The number of halogens is 1. The summed E-state index contributed by atoms with van der Waals surface area (Å²) in [6.07, 6.45) is 2.36. The van der Waals surface area contributed by atoms with Crippen LogP contribution >= 0.6 is 11.6 Å². The third-order valence-corrected chi connectivity index (χ3v) is 3.80. The Hall–Kier alpha value is -1.81. The van der Waals surface area contributed by atoms with Crippen LogP contribution in [0.2, 0.25) is 5.02 Å². The zero-order valence-corrected chi connectivity index (χ0v) is 12.3. The molecule has 104 valence electrons. The number of hydrogen-bond donors (Lipinski definition) is 2. The lowest BCUT2D eigenvalue weighted by Crippen LogP contribution is -2.07. The van der Waals surface area contributed by atoms with Gasteiger partial charge in [-0.1, -0.05) is 23.7 Å². The van der Waals surface area contributed by atoms with Gasteiger partial charge in [-0.25, -0.2) is 9.97 Å². The number of aromatic nitrogens is 2. The van der Waals surface area contributed by atoms with Crippen molar-refractivity contribution in [2.45, 2.75) is 25.7 Å². The summed E-state index contributed by atoms with van der Waals surface area (Å²) < 4.78 is 0. The zero-order chi connectivity index (χ0) is 14.1. The molecule has 1 aromatic heterocycles. The van der Waals surface area contributed by atoms with E-state index in [4.69, 9.17) is 11.6 Å². The summed E-state index contributed by atoms with van der Waals surface area (Å²) in [5, 5.41) is 7.13. The average Bonchev–Trinajstić information content (AvgIpc) is 3.28. The van der Waals surface area contributed by atoms with Crippen LogP contribution in [0.25, 0.3) is 0 Å². The predicted octanol–water partition coefficient (Wildman–Crippen LogP) is 4.10. The van der Waals surface area contributed by atoms with Gasteiger partial charge in [0, 0.05) is 18.5 Å². The second-order valence-electron chi connectivity index (χ2n) is 5.03. The Labute approximate surface area is 123 Å². The van der Waals surface area contributed by atoms with Crippen molar-refractivity contribution in [2.24, 2.45) is 0 Å². The Morgan fingerprint density at radius 3 is 2.50 bits per heavy atom. The van der Waals surface area contributed by atoms with Gasteiger partial charge >= 0.3 is 0 Å². The number of benzene rings is 1. The summed E-state index contributed by atoms with van der Waals surface area (Å²) >= 11 is 6.19. The fraction of sp³-hybridized carbons (Fsp3) is 0.333. The Morgan fingerprint density at radius 2 is 1.85 bits per heavy atom. The molecule has 0 bridgehead atoms. The van der Waals surface area contributed by atoms with E-state index in [9.17, 15) is 0 Å². The van der Waals surface area contributed by atoms with Gasteiger partial charge in [0.25, 0.3) is 0 Å². The van der Waals surface area contributed by atoms with Crippen molar-refractivity contribution >= 4 is 28.9 Å². The Balaban J connectivity index is 1.99. The lowest BCUT2D eigenvalue weighted by Gasteiger charge is -2.14. The second-order valence-corrected chi connectivity index (χ2v) is 5.44. The van der Waals surface area contributed by atoms with Crippen molar-refractivity contribution in [1.29, 1.82) is 0 Å². The van der Waals surface area contributed by atoms with Gasteiger partial charge in [-0.3, -0.25) is 0 Å². The number of hydrogen-bond acceptors (Lipinski definition) is 4. The second kappa shape index (κ2) is 5.29. The number of anilines is 3. The van der Waals surface area contributed by atoms with E-state index < -0.39 is 0 Å². The van der Waals surface area contributed by atoms with Crippen LogP contribution in [0, 0.1) is 6.92 Å². The van der Waals surface area contributed by atoms with Crippen LogP contribution in [-0.4, -0.2) is 17.0 Å². The van der Waals surface area contributed by atoms with E-state index in [1.54, 1.807) is 0 Å². The van der Waals surface area contributed by atoms with Crippen LogP contribution in [0.3, 0.4) is 0 Å². The third-order valence-electron chi connectivity index (χ3n) is 3.47. The monoisotopic (exact) mass is 288 g/mol. The van der Waals surface area contributed by atoms with E-state index in [0.717, 1.165) is 28.7 Å². The highest BCUT2D eigenvalue weighted by Gasteiger charge is 2.28. The largest absolute Gasteiger partial charge is 0.373 e. The van der Waals surface area contributed by atoms with Crippen LogP contribution in [0.1, 0.15) is 30.1 Å². The van der Waals surface area contributed by atoms with E-state index in [1.807, 2.05) is 38.2 Å². The summed E-state index contributed by atoms with van der Waals surface area (Å²) in [6.45, 7) is 2.00. The maximum Gasteiger partial charge on any atom is 0.139 e. The van der Waals surface area contributed by atoms with Crippen molar-refractivity contribution in [3.05, 3.63) is 40.7 Å². The molecular weight excluding hydrogens is 272 g/mol. The first-order valence-electron chi connectivity index (χ1n) is 6.77. The van der Waals surface area contributed by atoms with Crippen molar-refractivity contribution in [1.82, 2.24) is 9.97 Å². The molecule has 0 radical (unpaired) electrons. The van der Waals surface area contributed by atoms with Crippen LogP contribution in [-0.2, 0) is 0 Å². The molecule has 0 atom stereocenters. The average molecular weight is 289 g/mol. The van der Waals surface area contributed by atoms with Gasteiger partial charge in [-0.05, 0) is 31.9 Å². The molecule has 20 heavy (non-hydrogen) atoms. The third kappa shape index (κ3) is 2.56. The van der Waals surface area contributed by atoms with Gasteiger partial charge in [0.1, 0.15) is 17.5 Å². The van der Waals surface area contributed by atoms with Crippen molar-refractivity contribution < 1.29 is 0 Å². The molecule has 1 fully saturated rings. The molecule has 1 saturated carbocycles. The van der Waals surface area contributed by atoms with Crippen LogP contribution in [0.15, 0.2) is 24.3 Å². The van der Waals surface area contributed by atoms with Crippen LogP contribution < -0.4 is 10.6 Å². The molecule has 1 heterocycles. The molecule has 0 aliphatic heterocycles. The Morgan fingerprint density at radius 1 is 1.15 bits per heavy atom. The first kappa shape index (κ1) is 13.2. The number of nitrogens with one attached hydrogen (secondary N) is 2. The van der Waals surface area contributed by atoms with E-state index >= 15 is 0 Å². The predicted molar refractivity (Wildman–Crippen MR) is 83.0 cm³/mol. The fourth-order valence-electron chi connectivity index (χ4n) is 2.11. The van der Waals surface area contributed by atoms with Crippen molar-refractivity contribution in [3.63, 3.8) is 0 Å². The Bertz CT molecular complexity index is 638. The van der Waals surface area contributed by atoms with Crippen LogP contribution in [0.4, 0.5) is 17.3 Å². The molecule has 0 spiro atoms. The molecule has 4 nitrogen and oxygen atoms in total. The van der Waals surface area contributed by atoms with Crippen LogP contribution in [0.5, 0.6) is 0 Å². The maximum absolute atomic E-state index is 6.19. The molecule has 0 amide bonds. The highest BCUT2D eigenvalue weighted by Crippen LogP contribution is 2.40. The van der Waals surface area contributed by atoms with E-state index in [0.29, 0.717) is 10.9 Å². The standard InChI is InChI=1S/C15H17ClN4/c1-9-13(17-2)19-15(10-7-8-10)20-14(9)18-12-6-4-3-5-11(12)16/h3-6,10H,7-8H2,1-2H3,(H2,17,18,19,20). The minimum absolute atomic E-state index is 0.509. The van der Waals surface area contributed by atoms with Gasteiger partial charge in [-0.2, -0.15) is 0 Å². The number of nitrogens with zero attached hydrogens (tertiary/aromatic N) is 2. The van der Waals surface area contributed by atoms with E-state index in [2.05, 4.69) is 20.6 Å². The highest BCUT2D eigenvalue weighted by molar-refractivity contribution is 6.33. The quantitative estimate of drug-likeness (QED) is 0.889. The first-order valence-corrected chi connectivity index (χ1v) is 7.14. The fourth-order valence-corrected chi connectivity index (χ4v) is 2.30. The van der Waals surface area contributed by atoms with Gasteiger partial charge < -0.3 is 10.6 Å². The van der Waals surface area contributed by atoms with Gasteiger partial charge in [0.15, 0.2) is 0 Å². The minimum atomic E-state index is 0.509. The van der Waals surface area contributed by atoms with Gasteiger partial charge in [0.05, 0.1) is 10.7 Å². The van der Waals surface area contributed by atoms with Gasteiger partial charge in [0.2, 0.25) is 0 Å². The topological polar surface area (TPSA) is 49.8 Å². The molecular formula is C15H17ClN4. The molecule has 3 rings (SSSR count). The first-order chi connectivity index (χ1) is 9.69. The molecule has 1 aliphatic carbocycles. The maximum atomic E-state index is 6.19. The highest BCUT2D eigenvalue weighted by atomic mass is 35.5. The molecule has 5 heteroatoms. The smallest absolute Gasteiger partial charge is 0.139 e. The lowest BCUT2D eigenvalue weighted by atomic mass is 10.2. The van der Waals surface area contributed by atoms with Crippen molar-refractivity contribution in [2.75, 3.05) is 17.7 Å². The number of rotatable bonds is 4. The summed E-state index contributed by atoms with van der Waals surface area (Å²) in [6, 6.07) is 7.67. The van der Waals surface area contributed by atoms with Gasteiger partial charge in [-0.15, -0.1) is 0 Å². The molecule has 0 unspecified atom stereocenters. The lowest BCUT2D eigenvalue weighted by molar-refractivity contribution is 0.924. The summed E-state index contributed by atoms with van der Waals surface area (Å²) in [4.78, 5) is 9.24.